The SMILES string of the molecule is Cn1c(=O)n(C)c2cc(C(Cl)CC3CCCCC3)ccc21. The van der Waals surface area contributed by atoms with Crippen molar-refractivity contribution in [1.82, 2.24) is 9.13 Å². The van der Waals surface area contributed by atoms with Gasteiger partial charge in [-0.3, -0.25) is 9.13 Å². The van der Waals surface area contributed by atoms with Gasteiger partial charge in [0.1, 0.15) is 0 Å². The molecular formula is C17H23ClN2O. The molecule has 0 amide bonds. The molecule has 1 aromatic carbocycles. The standard InChI is InChI=1S/C17H23ClN2O/c1-19-15-9-8-13(11-16(15)20(2)17(19)21)14(18)10-12-6-4-3-5-7-12/h8-9,11-12,14H,3-7,10H2,1-2H3. The number of fused-ring (bicyclic) bond motifs is 1. The number of hydrogen-bond acceptors (Lipinski definition) is 1. The van der Waals surface area contributed by atoms with Crippen molar-refractivity contribution >= 4 is 22.6 Å². The molecule has 1 fully saturated rings. The lowest BCUT2D eigenvalue weighted by Crippen LogP contribution is -2.19. The maximum atomic E-state index is 12.0. The summed E-state index contributed by atoms with van der Waals surface area (Å²) in [6.45, 7) is 0. The van der Waals surface area contributed by atoms with Gasteiger partial charge in [0.05, 0.1) is 16.4 Å². The Bertz CT molecular complexity index is 695. The van der Waals surface area contributed by atoms with Gasteiger partial charge in [0.25, 0.3) is 0 Å². The molecule has 3 rings (SSSR count). The minimum atomic E-state index is 0.0144. The maximum Gasteiger partial charge on any atom is 0.328 e. The second-order valence-corrected chi connectivity index (χ2v) is 6.88. The molecule has 1 saturated carbocycles. The van der Waals surface area contributed by atoms with E-state index >= 15 is 0 Å². The first-order chi connectivity index (χ1) is 10.1. The predicted molar refractivity (Wildman–Crippen MR) is 87.9 cm³/mol. The Balaban J connectivity index is 1.86. The van der Waals surface area contributed by atoms with Crippen molar-refractivity contribution in [2.45, 2.75) is 43.9 Å². The Hall–Kier alpha value is -1.22. The lowest BCUT2D eigenvalue weighted by atomic mass is 9.85. The van der Waals surface area contributed by atoms with Gasteiger partial charge in [0.15, 0.2) is 0 Å². The average Bonchev–Trinajstić information content (AvgIpc) is 2.73. The number of hydrogen-bond donors (Lipinski definition) is 0. The van der Waals surface area contributed by atoms with Crippen molar-refractivity contribution in [1.29, 1.82) is 0 Å². The van der Waals surface area contributed by atoms with E-state index in [0.29, 0.717) is 0 Å². The normalized spacial score (nSPS) is 18.2. The van der Waals surface area contributed by atoms with E-state index in [0.717, 1.165) is 28.9 Å². The molecule has 0 N–H and O–H groups in total. The van der Waals surface area contributed by atoms with Crippen LogP contribution in [0.25, 0.3) is 11.0 Å². The molecule has 0 spiro atoms. The Morgan fingerprint density at radius 1 is 1.14 bits per heavy atom. The third kappa shape index (κ3) is 2.76. The zero-order valence-corrected chi connectivity index (χ0v) is 13.6. The van der Waals surface area contributed by atoms with Gasteiger partial charge in [-0.15, -0.1) is 11.6 Å². The number of rotatable bonds is 3. The third-order valence-corrected chi connectivity index (χ3v) is 5.35. The van der Waals surface area contributed by atoms with Crippen LogP contribution >= 0.6 is 11.6 Å². The van der Waals surface area contributed by atoms with Crippen LogP contribution in [-0.2, 0) is 14.1 Å². The van der Waals surface area contributed by atoms with Crippen LogP contribution in [0.1, 0.15) is 49.5 Å². The van der Waals surface area contributed by atoms with Crippen LogP contribution in [0.5, 0.6) is 0 Å². The van der Waals surface area contributed by atoms with Crippen LogP contribution in [-0.4, -0.2) is 9.13 Å². The number of alkyl halides is 1. The van der Waals surface area contributed by atoms with E-state index in [4.69, 9.17) is 11.6 Å². The summed E-state index contributed by atoms with van der Waals surface area (Å²) in [4.78, 5) is 12.0. The Labute approximate surface area is 130 Å². The molecular weight excluding hydrogens is 284 g/mol. The third-order valence-electron chi connectivity index (χ3n) is 4.92. The molecule has 1 atom stereocenters. The molecule has 1 unspecified atom stereocenters. The van der Waals surface area contributed by atoms with E-state index in [9.17, 15) is 4.79 Å². The monoisotopic (exact) mass is 306 g/mol. The molecule has 4 heteroatoms. The topological polar surface area (TPSA) is 26.9 Å². The van der Waals surface area contributed by atoms with Crippen LogP contribution < -0.4 is 5.69 Å². The van der Waals surface area contributed by atoms with Gasteiger partial charge < -0.3 is 0 Å². The lowest BCUT2D eigenvalue weighted by molar-refractivity contribution is 0.336. The van der Waals surface area contributed by atoms with E-state index < -0.39 is 0 Å². The molecule has 0 radical (unpaired) electrons. The molecule has 0 bridgehead atoms. The van der Waals surface area contributed by atoms with Crippen molar-refractivity contribution in [3.63, 3.8) is 0 Å². The van der Waals surface area contributed by atoms with Gasteiger partial charge >= 0.3 is 5.69 Å². The fraction of sp³-hybridized carbons (Fsp3) is 0.588. The van der Waals surface area contributed by atoms with Gasteiger partial charge in [-0.1, -0.05) is 38.2 Å². The number of aromatic nitrogens is 2. The van der Waals surface area contributed by atoms with Gasteiger partial charge in [-0.05, 0) is 30.0 Å². The Morgan fingerprint density at radius 3 is 2.52 bits per heavy atom. The summed E-state index contributed by atoms with van der Waals surface area (Å²) in [6, 6.07) is 6.17. The molecule has 114 valence electrons. The summed E-state index contributed by atoms with van der Waals surface area (Å²) >= 11 is 6.64. The van der Waals surface area contributed by atoms with Gasteiger partial charge in [-0.2, -0.15) is 0 Å². The number of benzene rings is 1. The maximum absolute atomic E-state index is 12.0. The van der Waals surface area contributed by atoms with E-state index in [-0.39, 0.29) is 11.1 Å². The van der Waals surface area contributed by atoms with Crippen LogP contribution in [0.15, 0.2) is 23.0 Å². The summed E-state index contributed by atoms with van der Waals surface area (Å²) in [7, 11) is 3.63. The highest BCUT2D eigenvalue weighted by atomic mass is 35.5. The highest BCUT2D eigenvalue weighted by molar-refractivity contribution is 6.20. The fourth-order valence-electron chi connectivity index (χ4n) is 3.57. The van der Waals surface area contributed by atoms with Crippen molar-refractivity contribution in [2.75, 3.05) is 0 Å². The smallest absolute Gasteiger partial charge is 0.295 e. The highest BCUT2D eigenvalue weighted by Crippen LogP contribution is 2.35. The molecule has 3 nitrogen and oxygen atoms in total. The minimum Gasteiger partial charge on any atom is -0.295 e. The molecule has 1 heterocycles. The number of imidazole rings is 1. The van der Waals surface area contributed by atoms with Gasteiger partial charge in [0.2, 0.25) is 0 Å². The van der Waals surface area contributed by atoms with Crippen LogP contribution in [0, 0.1) is 5.92 Å². The lowest BCUT2D eigenvalue weighted by Gasteiger charge is -2.23. The predicted octanol–water partition coefficient (Wildman–Crippen LogP) is 4.13. The molecule has 2 aromatic rings. The van der Waals surface area contributed by atoms with E-state index in [1.807, 2.05) is 20.2 Å². The molecule has 0 saturated heterocycles. The summed E-state index contributed by atoms with van der Waals surface area (Å²) in [5.41, 5.74) is 3.08. The van der Waals surface area contributed by atoms with Crippen LogP contribution in [0.4, 0.5) is 0 Å². The first-order valence-corrected chi connectivity index (χ1v) is 8.31. The largest absolute Gasteiger partial charge is 0.328 e. The molecule has 1 aliphatic carbocycles. The molecule has 1 aromatic heterocycles. The van der Waals surface area contributed by atoms with Crippen molar-refractivity contribution < 1.29 is 0 Å². The molecule has 0 aliphatic heterocycles. The van der Waals surface area contributed by atoms with Gasteiger partial charge in [-0.25, -0.2) is 4.79 Å². The van der Waals surface area contributed by atoms with Crippen molar-refractivity contribution in [3.8, 4) is 0 Å². The highest BCUT2D eigenvalue weighted by Gasteiger charge is 2.19. The second-order valence-electron chi connectivity index (χ2n) is 6.36. The molecule has 21 heavy (non-hydrogen) atoms. The number of nitrogens with zero attached hydrogens (tertiary/aromatic N) is 2. The van der Waals surface area contributed by atoms with Crippen LogP contribution in [0.3, 0.4) is 0 Å². The summed E-state index contributed by atoms with van der Waals surface area (Å²) in [5, 5.41) is 0.0489. The van der Waals surface area contributed by atoms with Crippen LogP contribution in [0.2, 0.25) is 0 Å². The number of aryl methyl sites for hydroxylation is 2. The van der Waals surface area contributed by atoms with E-state index in [1.54, 1.807) is 9.13 Å². The minimum absolute atomic E-state index is 0.0144. The quantitative estimate of drug-likeness (QED) is 0.783. The van der Waals surface area contributed by atoms with E-state index in [1.165, 1.54) is 32.1 Å². The average molecular weight is 307 g/mol. The van der Waals surface area contributed by atoms with E-state index in [2.05, 4.69) is 12.1 Å². The zero-order chi connectivity index (χ0) is 15.0. The zero-order valence-electron chi connectivity index (χ0n) is 12.8. The summed E-state index contributed by atoms with van der Waals surface area (Å²) in [6.07, 6.45) is 7.75. The fourth-order valence-corrected chi connectivity index (χ4v) is 3.96. The Morgan fingerprint density at radius 2 is 1.81 bits per heavy atom. The second kappa shape index (κ2) is 5.88. The first kappa shape index (κ1) is 14.7. The first-order valence-electron chi connectivity index (χ1n) is 7.87. The molecule has 1 aliphatic rings. The van der Waals surface area contributed by atoms with Gasteiger partial charge in [0, 0.05) is 14.1 Å². The summed E-state index contributed by atoms with van der Waals surface area (Å²) < 4.78 is 3.38. The van der Waals surface area contributed by atoms with Crippen molar-refractivity contribution in [3.05, 3.63) is 34.2 Å². The number of halogens is 1. The van der Waals surface area contributed by atoms with Crippen molar-refractivity contribution in [2.24, 2.45) is 20.0 Å². The summed E-state index contributed by atoms with van der Waals surface area (Å²) in [5.74, 6) is 0.761. The Kier molecular flexibility index (Phi) is 4.12.